The average Bonchev–Trinajstić information content (AvgIpc) is 3.19. The van der Waals surface area contributed by atoms with E-state index in [-0.39, 0.29) is 11.6 Å². The highest BCUT2D eigenvalue weighted by Gasteiger charge is 2.24. The van der Waals surface area contributed by atoms with Crippen LogP contribution in [0.2, 0.25) is 5.02 Å². The van der Waals surface area contributed by atoms with E-state index in [1.165, 1.54) is 12.1 Å². The van der Waals surface area contributed by atoms with Gasteiger partial charge in [0.05, 0.1) is 29.5 Å². The van der Waals surface area contributed by atoms with Crippen molar-refractivity contribution in [2.45, 2.75) is 0 Å². The maximum atomic E-state index is 13.2. The van der Waals surface area contributed by atoms with Crippen molar-refractivity contribution in [1.82, 2.24) is 14.7 Å². The van der Waals surface area contributed by atoms with E-state index in [4.69, 9.17) is 16.3 Å². The molecule has 8 nitrogen and oxygen atoms in total. The number of carbonyl (C=O) groups is 1. The quantitative estimate of drug-likeness (QED) is 0.482. The first-order valence-corrected chi connectivity index (χ1v) is 9.38. The van der Waals surface area contributed by atoms with Gasteiger partial charge in [-0.05, 0) is 36.4 Å². The molecule has 1 amide bonds. The van der Waals surface area contributed by atoms with Crippen LogP contribution in [0.5, 0.6) is 0 Å². The zero-order valence-electron chi connectivity index (χ0n) is 15.3. The molecule has 1 aliphatic rings. The topological polar surface area (TPSA) is 90.5 Å². The summed E-state index contributed by atoms with van der Waals surface area (Å²) in [7, 11) is 0. The van der Waals surface area contributed by atoms with Gasteiger partial charge in [0.1, 0.15) is 5.69 Å². The van der Waals surface area contributed by atoms with E-state index in [2.05, 4.69) is 5.10 Å². The Morgan fingerprint density at radius 3 is 2.48 bits per heavy atom. The summed E-state index contributed by atoms with van der Waals surface area (Å²) in [6.45, 7) is 2.00. The molecule has 2 aromatic carbocycles. The highest BCUT2D eigenvalue weighted by molar-refractivity contribution is 6.30. The lowest BCUT2D eigenvalue weighted by Crippen LogP contribution is -2.41. The Morgan fingerprint density at radius 1 is 1.10 bits per heavy atom. The number of hydrogen-bond donors (Lipinski definition) is 0. The molecule has 1 fully saturated rings. The van der Waals surface area contributed by atoms with E-state index >= 15 is 0 Å². The Hall–Kier alpha value is -3.23. The fraction of sp³-hybridized carbons (Fsp3) is 0.200. The zero-order chi connectivity index (χ0) is 20.4. The third-order valence-corrected chi connectivity index (χ3v) is 4.89. The molecular formula is C20H17ClN4O4. The van der Waals surface area contributed by atoms with Crippen molar-refractivity contribution < 1.29 is 14.5 Å². The number of benzene rings is 2. The number of morpholine rings is 1. The molecule has 1 saturated heterocycles. The predicted octanol–water partition coefficient (Wildman–Crippen LogP) is 3.57. The normalized spacial score (nSPS) is 14.0. The maximum Gasteiger partial charge on any atom is 0.272 e. The van der Waals surface area contributed by atoms with Crippen LogP contribution in [-0.2, 0) is 4.74 Å². The summed E-state index contributed by atoms with van der Waals surface area (Å²) >= 11 is 6.13. The number of aromatic nitrogens is 2. The fourth-order valence-corrected chi connectivity index (χ4v) is 3.35. The van der Waals surface area contributed by atoms with E-state index in [1.54, 1.807) is 46.0 Å². The molecule has 0 atom stereocenters. The van der Waals surface area contributed by atoms with Crippen molar-refractivity contribution in [3.05, 3.63) is 75.4 Å². The van der Waals surface area contributed by atoms with Gasteiger partial charge in [-0.25, -0.2) is 4.68 Å². The average molecular weight is 413 g/mol. The lowest BCUT2D eigenvalue weighted by Gasteiger charge is -2.26. The Bertz CT molecular complexity index is 1060. The van der Waals surface area contributed by atoms with Crippen LogP contribution in [0.25, 0.3) is 16.9 Å². The van der Waals surface area contributed by atoms with Gasteiger partial charge >= 0.3 is 0 Å². The Balaban J connectivity index is 1.77. The van der Waals surface area contributed by atoms with Crippen LogP contribution < -0.4 is 0 Å². The van der Waals surface area contributed by atoms with Crippen LogP contribution in [0.3, 0.4) is 0 Å². The molecule has 9 heteroatoms. The van der Waals surface area contributed by atoms with Crippen LogP contribution >= 0.6 is 11.6 Å². The highest BCUT2D eigenvalue weighted by Crippen LogP contribution is 2.26. The van der Waals surface area contributed by atoms with Crippen molar-refractivity contribution >= 4 is 23.2 Å². The summed E-state index contributed by atoms with van der Waals surface area (Å²) in [5.41, 5.74) is 2.25. The van der Waals surface area contributed by atoms with Gasteiger partial charge in [0.2, 0.25) is 0 Å². The number of hydrogen-bond acceptors (Lipinski definition) is 5. The van der Waals surface area contributed by atoms with Gasteiger partial charge in [-0.1, -0.05) is 17.7 Å². The second-order valence-electron chi connectivity index (χ2n) is 6.52. The summed E-state index contributed by atoms with van der Waals surface area (Å²) in [4.78, 5) is 25.3. The predicted molar refractivity (Wildman–Crippen MR) is 107 cm³/mol. The van der Waals surface area contributed by atoms with Crippen molar-refractivity contribution in [1.29, 1.82) is 0 Å². The van der Waals surface area contributed by atoms with E-state index in [0.717, 1.165) is 0 Å². The van der Waals surface area contributed by atoms with Gasteiger partial charge in [0.25, 0.3) is 11.6 Å². The third kappa shape index (κ3) is 3.98. The van der Waals surface area contributed by atoms with Gasteiger partial charge < -0.3 is 9.64 Å². The number of non-ortho nitro benzene ring substituents is 1. The molecule has 0 radical (unpaired) electrons. The van der Waals surface area contributed by atoms with E-state index < -0.39 is 4.92 Å². The molecule has 0 bridgehead atoms. The monoisotopic (exact) mass is 412 g/mol. The number of nitro benzene ring substituents is 1. The van der Waals surface area contributed by atoms with Gasteiger partial charge in [-0.3, -0.25) is 14.9 Å². The minimum atomic E-state index is -0.457. The van der Waals surface area contributed by atoms with Crippen LogP contribution in [0.4, 0.5) is 5.69 Å². The Labute approximate surface area is 171 Å². The van der Waals surface area contributed by atoms with Gasteiger partial charge in [0.15, 0.2) is 0 Å². The second-order valence-corrected chi connectivity index (χ2v) is 6.95. The van der Waals surface area contributed by atoms with Crippen LogP contribution in [0, 0.1) is 10.1 Å². The molecule has 0 saturated carbocycles. The first-order chi connectivity index (χ1) is 14.0. The van der Waals surface area contributed by atoms with Crippen molar-refractivity contribution in [2.24, 2.45) is 0 Å². The van der Waals surface area contributed by atoms with Crippen molar-refractivity contribution in [2.75, 3.05) is 26.3 Å². The number of nitrogens with zero attached hydrogens (tertiary/aromatic N) is 4. The lowest BCUT2D eigenvalue weighted by molar-refractivity contribution is -0.384. The molecule has 148 valence electrons. The zero-order valence-corrected chi connectivity index (χ0v) is 16.1. The number of carbonyl (C=O) groups excluding carboxylic acids is 1. The Morgan fingerprint density at radius 2 is 1.83 bits per heavy atom. The van der Waals surface area contributed by atoms with Crippen LogP contribution in [0.1, 0.15) is 10.5 Å². The molecule has 2 heterocycles. The molecule has 0 N–H and O–H groups in total. The summed E-state index contributed by atoms with van der Waals surface area (Å²) in [6, 6.07) is 14.8. The number of nitro groups is 1. The minimum Gasteiger partial charge on any atom is -0.378 e. The van der Waals surface area contributed by atoms with Gasteiger partial charge in [0, 0.05) is 35.8 Å². The molecule has 3 aromatic rings. The first kappa shape index (κ1) is 19.1. The molecular weight excluding hydrogens is 396 g/mol. The summed E-state index contributed by atoms with van der Waals surface area (Å²) in [5, 5.41) is 16.0. The number of rotatable bonds is 4. The van der Waals surface area contributed by atoms with E-state index in [9.17, 15) is 14.9 Å². The molecule has 1 aliphatic heterocycles. The Kier molecular flexibility index (Phi) is 5.28. The second kappa shape index (κ2) is 8.02. The van der Waals surface area contributed by atoms with Gasteiger partial charge in [-0.15, -0.1) is 0 Å². The standard InChI is InChI=1S/C20H17ClN4O4/c21-15-2-1-3-17(12-15)24-19(20(26)23-8-10-29-11-9-23)13-18(22-24)14-4-6-16(7-5-14)25(27)28/h1-7,12-13H,8-11H2. The van der Waals surface area contributed by atoms with Gasteiger partial charge in [-0.2, -0.15) is 5.10 Å². The van der Waals surface area contributed by atoms with E-state index in [1.807, 2.05) is 6.07 Å². The fourth-order valence-electron chi connectivity index (χ4n) is 3.16. The molecule has 1 aromatic heterocycles. The lowest BCUT2D eigenvalue weighted by atomic mass is 10.1. The molecule has 0 aliphatic carbocycles. The summed E-state index contributed by atoms with van der Waals surface area (Å²) in [5.74, 6) is -0.158. The number of ether oxygens (including phenoxy) is 1. The largest absolute Gasteiger partial charge is 0.378 e. The first-order valence-electron chi connectivity index (χ1n) is 9.01. The van der Waals surface area contributed by atoms with Crippen molar-refractivity contribution in [3.8, 4) is 16.9 Å². The summed E-state index contributed by atoms with van der Waals surface area (Å²) < 4.78 is 6.89. The minimum absolute atomic E-state index is 0.00681. The highest BCUT2D eigenvalue weighted by atomic mass is 35.5. The molecule has 29 heavy (non-hydrogen) atoms. The van der Waals surface area contributed by atoms with Crippen LogP contribution in [0.15, 0.2) is 54.6 Å². The summed E-state index contributed by atoms with van der Waals surface area (Å²) in [6.07, 6.45) is 0. The maximum absolute atomic E-state index is 13.2. The molecule has 0 unspecified atom stereocenters. The van der Waals surface area contributed by atoms with Crippen LogP contribution in [-0.4, -0.2) is 51.8 Å². The van der Waals surface area contributed by atoms with E-state index in [0.29, 0.717) is 54.0 Å². The van der Waals surface area contributed by atoms with Crippen molar-refractivity contribution in [3.63, 3.8) is 0 Å². The SMILES string of the molecule is O=C(c1cc(-c2ccc([N+](=O)[O-])cc2)nn1-c1cccc(Cl)c1)N1CCOCC1. The molecule has 4 rings (SSSR count). The third-order valence-electron chi connectivity index (χ3n) is 4.65. The smallest absolute Gasteiger partial charge is 0.272 e. The number of halogens is 1. The number of amides is 1. The molecule has 0 spiro atoms.